The fourth-order valence-electron chi connectivity index (χ4n) is 2.77. The van der Waals surface area contributed by atoms with Crippen molar-refractivity contribution in [3.63, 3.8) is 0 Å². The Morgan fingerprint density at radius 2 is 1.73 bits per heavy atom. The zero-order chi connectivity index (χ0) is 21.5. The molecule has 7 heteroatoms. The SMILES string of the molecule is COc1cc(C(=O)NNC(=O)c2ccc3ccccc3n2)ccc1OCCC(C)C. The number of nitrogens with one attached hydrogen (secondary N) is 2. The average molecular weight is 407 g/mol. The van der Waals surface area contributed by atoms with Crippen molar-refractivity contribution in [3.8, 4) is 11.5 Å². The van der Waals surface area contributed by atoms with Crippen molar-refractivity contribution in [2.24, 2.45) is 5.92 Å². The van der Waals surface area contributed by atoms with Gasteiger partial charge < -0.3 is 9.47 Å². The van der Waals surface area contributed by atoms with Crippen molar-refractivity contribution in [2.75, 3.05) is 13.7 Å². The first-order chi connectivity index (χ1) is 14.5. The van der Waals surface area contributed by atoms with Gasteiger partial charge in [-0.05, 0) is 42.7 Å². The molecular weight excluding hydrogens is 382 g/mol. The average Bonchev–Trinajstić information content (AvgIpc) is 2.76. The zero-order valence-electron chi connectivity index (χ0n) is 17.3. The fraction of sp³-hybridized carbons (Fsp3) is 0.261. The van der Waals surface area contributed by atoms with Crippen LogP contribution in [0.5, 0.6) is 11.5 Å². The lowest BCUT2D eigenvalue weighted by Crippen LogP contribution is -2.41. The van der Waals surface area contributed by atoms with Gasteiger partial charge in [0.05, 0.1) is 19.2 Å². The van der Waals surface area contributed by atoms with Crippen molar-refractivity contribution in [1.82, 2.24) is 15.8 Å². The number of nitrogens with zero attached hydrogens (tertiary/aromatic N) is 1. The Hall–Kier alpha value is -3.61. The first kappa shape index (κ1) is 21.1. The zero-order valence-corrected chi connectivity index (χ0v) is 17.3. The maximum atomic E-state index is 12.4. The lowest BCUT2D eigenvalue weighted by molar-refractivity contribution is 0.0844. The van der Waals surface area contributed by atoms with Crippen LogP contribution < -0.4 is 20.3 Å². The highest BCUT2D eigenvalue weighted by Crippen LogP contribution is 2.28. The third-order valence-electron chi connectivity index (χ3n) is 4.50. The van der Waals surface area contributed by atoms with E-state index in [0.29, 0.717) is 35.1 Å². The Morgan fingerprint density at radius 3 is 2.50 bits per heavy atom. The van der Waals surface area contributed by atoms with Gasteiger partial charge >= 0.3 is 0 Å². The summed E-state index contributed by atoms with van der Waals surface area (Å²) in [5.41, 5.74) is 6.03. The third-order valence-corrected chi connectivity index (χ3v) is 4.50. The molecule has 0 bridgehead atoms. The van der Waals surface area contributed by atoms with Crippen LogP contribution in [-0.2, 0) is 0 Å². The molecule has 0 aliphatic carbocycles. The topological polar surface area (TPSA) is 89.6 Å². The predicted octanol–water partition coefficient (Wildman–Crippen LogP) is 3.74. The second-order valence-electron chi connectivity index (χ2n) is 7.19. The van der Waals surface area contributed by atoms with Gasteiger partial charge in [-0.15, -0.1) is 0 Å². The Balaban J connectivity index is 1.62. The van der Waals surface area contributed by atoms with Gasteiger partial charge in [0.2, 0.25) is 0 Å². The summed E-state index contributed by atoms with van der Waals surface area (Å²) < 4.78 is 11.1. The van der Waals surface area contributed by atoms with Crippen LogP contribution in [0, 0.1) is 5.92 Å². The molecule has 0 radical (unpaired) electrons. The molecule has 30 heavy (non-hydrogen) atoms. The summed E-state index contributed by atoms with van der Waals surface area (Å²) in [6.45, 7) is 4.81. The Kier molecular flexibility index (Phi) is 6.85. The minimum atomic E-state index is -0.505. The molecule has 0 atom stereocenters. The monoisotopic (exact) mass is 407 g/mol. The van der Waals surface area contributed by atoms with Crippen LogP contribution >= 0.6 is 0 Å². The molecule has 0 unspecified atom stereocenters. The molecule has 2 N–H and O–H groups in total. The summed E-state index contributed by atoms with van der Waals surface area (Å²) >= 11 is 0. The number of methoxy groups -OCH3 is 1. The third kappa shape index (κ3) is 5.26. The number of rotatable bonds is 7. The molecule has 3 rings (SSSR count). The Morgan fingerprint density at radius 1 is 0.967 bits per heavy atom. The van der Waals surface area contributed by atoms with E-state index in [1.54, 1.807) is 24.3 Å². The molecule has 2 aromatic carbocycles. The number of ether oxygens (including phenoxy) is 2. The van der Waals surface area contributed by atoms with E-state index in [-0.39, 0.29) is 5.69 Å². The van der Waals surface area contributed by atoms with E-state index in [1.807, 2.05) is 30.3 Å². The summed E-state index contributed by atoms with van der Waals surface area (Å²) in [4.78, 5) is 29.1. The van der Waals surface area contributed by atoms with Gasteiger partial charge in [0.25, 0.3) is 11.8 Å². The molecule has 1 aromatic heterocycles. The first-order valence-corrected chi connectivity index (χ1v) is 9.75. The molecule has 0 fully saturated rings. The number of carbonyl (C=O) groups excluding carboxylic acids is 2. The number of carbonyl (C=O) groups is 2. The highest BCUT2D eigenvalue weighted by Gasteiger charge is 2.14. The number of benzene rings is 2. The summed E-state index contributed by atoms with van der Waals surface area (Å²) in [6, 6.07) is 15.8. The fourth-order valence-corrected chi connectivity index (χ4v) is 2.77. The molecule has 0 aliphatic rings. The predicted molar refractivity (Wildman–Crippen MR) is 115 cm³/mol. The van der Waals surface area contributed by atoms with Gasteiger partial charge in [0, 0.05) is 10.9 Å². The highest BCUT2D eigenvalue weighted by molar-refractivity contribution is 5.99. The van der Waals surface area contributed by atoms with Gasteiger partial charge in [-0.25, -0.2) is 4.98 Å². The molecule has 156 valence electrons. The second-order valence-corrected chi connectivity index (χ2v) is 7.19. The van der Waals surface area contributed by atoms with E-state index < -0.39 is 11.8 Å². The normalized spacial score (nSPS) is 10.7. The van der Waals surface area contributed by atoms with Gasteiger partial charge in [-0.1, -0.05) is 38.1 Å². The largest absolute Gasteiger partial charge is 0.493 e. The molecule has 3 aromatic rings. The van der Waals surface area contributed by atoms with Crippen LogP contribution in [0.4, 0.5) is 0 Å². The maximum absolute atomic E-state index is 12.4. The molecule has 0 spiro atoms. The Labute approximate surface area is 175 Å². The van der Waals surface area contributed by atoms with Gasteiger partial charge in [0.1, 0.15) is 5.69 Å². The maximum Gasteiger partial charge on any atom is 0.288 e. The number of hydrazine groups is 1. The van der Waals surface area contributed by atoms with Crippen LogP contribution in [0.25, 0.3) is 10.9 Å². The number of para-hydroxylation sites is 1. The van der Waals surface area contributed by atoms with Crippen LogP contribution in [0.1, 0.15) is 41.1 Å². The van der Waals surface area contributed by atoms with Crippen LogP contribution in [0.15, 0.2) is 54.6 Å². The summed E-state index contributed by atoms with van der Waals surface area (Å²) in [7, 11) is 1.51. The van der Waals surface area contributed by atoms with Crippen molar-refractivity contribution >= 4 is 22.7 Å². The molecule has 0 aliphatic heterocycles. The number of amides is 2. The quantitative estimate of drug-likeness (QED) is 0.583. The number of hydrogen-bond donors (Lipinski definition) is 2. The van der Waals surface area contributed by atoms with Gasteiger partial charge in [-0.3, -0.25) is 20.4 Å². The molecule has 1 heterocycles. The van der Waals surface area contributed by atoms with E-state index in [4.69, 9.17) is 9.47 Å². The molecule has 2 amide bonds. The van der Waals surface area contributed by atoms with E-state index in [1.165, 1.54) is 7.11 Å². The van der Waals surface area contributed by atoms with Crippen molar-refractivity contribution in [3.05, 3.63) is 65.9 Å². The van der Waals surface area contributed by atoms with Crippen molar-refractivity contribution in [2.45, 2.75) is 20.3 Å². The van der Waals surface area contributed by atoms with E-state index >= 15 is 0 Å². The van der Waals surface area contributed by atoms with Crippen molar-refractivity contribution < 1.29 is 19.1 Å². The van der Waals surface area contributed by atoms with Crippen molar-refractivity contribution in [1.29, 1.82) is 0 Å². The summed E-state index contributed by atoms with van der Waals surface area (Å²) in [6.07, 6.45) is 0.917. The molecule has 0 saturated carbocycles. The minimum absolute atomic E-state index is 0.209. The summed E-state index contributed by atoms with van der Waals surface area (Å²) in [5.74, 6) is 0.570. The van der Waals surface area contributed by atoms with E-state index in [2.05, 4.69) is 29.7 Å². The smallest absolute Gasteiger partial charge is 0.288 e. The lowest BCUT2D eigenvalue weighted by Gasteiger charge is -2.13. The lowest BCUT2D eigenvalue weighted by atomic mass is 10.1. The van der Waals surface area contributed by atoms with Gasteiger partial charge in [0.15, 0.2) is 11.5 Å². The number of fused-ring (bicyclic) bond motifs is 1. The molecule has 0 saturated heterocycles. The van der Waals surface area contributed by atoms with E-state index in [0.717, 1.165) is 11.8 Å². The highest BCUT2D eigenvalue weighted by atomic mass is 16.5. The number of aromatic nitrogens is 1. The number of hydrogen-bond acceptors (Lipinski definition) is 5. The van der Waals surface area contributed by atoms with Gasteiger partial charge in [-0.2, -0.15) is 0 Å². The Bertz CT molecular complexity index is 1050. The van der Waals surface area contributed by atoms with Crippen LogP contribution in [0.2, 0.25) is 0 Å². The second kappa shape index (κ2) is 9.73. The number of pyridine rings is 1. The first-order valence-electron chi connectivity index (χ1n) is 9.75. The van der Waals surface area contributed by atoms with Crippen LogP contribution in [-0.4, -0.2) is 30.5 Å². The standard InChI is InChI=1S/C23H25N3O4/c1-15(2)12-13-30-20-11-9-17(14-21(20)29-3)22(27)25-26-23(28)19-10-8-16-6-4-5-7-18(16)24-19/h4-11,14-15H,12-13H2,1-3H3,(H,25,27)(H,26,28). The molecular formula is C23H25N3O4. The minimum Gasteiger partial charge on any atom is -0.493 e. The molecule has 7 nitrogen and oxygen atoms in total. The van der Waals surface area contributed by atoms with Crippen LogP contribution in [0.3, 0.4) is 0 Å². The summed E-state index contributed by atoms with van der Waals surface area (Å²) in [5, 5.41) is 0.931. The van der Waals surface area contributed by atoms with E-state index in [9.17, 15) is 9.59 Å².